The third kappa shape index (κ3) is 9.36. The highest BCUT2D eigenvalue weighted by atomic mass is 16.6. The zero-order chi connectivity index (χ0) is 31.3. The Labute approximate surface area is 263 Å². The second-order valence-electron chi connectivity index (χ2n) is 10.7. The van der Waals surface area contributed by atoms with E-state index in [1.807, 2.05) is 66.7 Å². The molecule has 10 nitrogen and oxygen atoms in total. The Morgan fingerprint density at radius 3 is 2.38 bits per heavy atom. The van der Waals surface area contributed by atoms with Gasteiger partial charge >= 0.3 is 6.09 Å². The van der Waals surface area contributed by atoms with Crippen molar-refractivity contribution in [1.29, 1.82) is 0 Å². The van der Waals surface area contributed by atoms with E-state index in [9.17, 15) is 9.59 Å². The summed E-state index contributed by atoms with van der Waals surface area (Å²) in [5.41, 5.74) is 9.95. The van der Waals surface area contributed by atoms with Gasteiger partial charge in [-0.1, -0.05) is 60.7 Å². The summed E-state index contributed by atoms with van der Waals surface area (Å²) in [6.07, 6.45) is 2.28. The average Bonchev–Trinajstić information content (AvgIpc) is 3.09. The molecule has 234 valence electrons. The fraction of sp³-hybridized carbons (Fsp3) is 0.286. The predicted octanol–water partition coefficient (Wildman–Crippen LogP) is 4.99. The lowest BCUT2D eigenvalue weighted by molar-refractivity contribution is 0.0159. The number of pyridine rings is 1. The monoisotopic (exact) mass is 609 g/mol. The van der Waals surface area contributed by atoms with E-state index in [1.165, 1.54) is 0 Å². The normalized spacial score (nSPS) is 14.0. The Morgan fingerprint density at radius 2 is 1.64 bits per heavy atom. The van der Waals surface area contributed by atoms with Gasteiger partial charge in [0.05, 0.1) is 37.8 Å². The summed E-state index contributed by atoms with van der Waals surface area (Å²) in [7, 11) is 0. The molecule has 1 atom stereocenters. The van der Waals surface area contributed by atoms with Gasteiger partial charge in [0, 0.05) is 56.2 Å². The number of aromatic nitrogens is 1. The van der Waals surface area contributed by atoms with Crippen molar-refractivity contribution < 1.29 is 23.8 Å². The van der Waals surface area contributed by atoms with Crippen molar-refractivity contribution in [2.75, 3.05) is 63.7 Å². The first-order valence-electron chi connectivity index (χ1n) is 15.1. The summed E-state index contributed by atoms with van der Waals surface area (Å²) in [4.78, 5) is 34.8. The smallest absolute Gasteiger partial charge is 0.411 e. The zero-order valence-corrected chi connectivity index (χ0v) is 25.2. The second-order valence-corrected chi connectivity index (χ2v) is 10.7. The number of hydrogen-bond acceptors (Lipinski definition) is 8. The quantitative estimate of drug-likeness (QED) is 0.161. The SMILES string of the molecule is Nc1ccccc1NC(=O)c1ccc(CN(CCOCCN2CCOCC2)C(=O)O[C@@H](c2ccccc2)c2cccnc2)cc1. The Balaban J connectivity index is 1.26. The number of nitrogens with two attached hydrogens (primary N) is 1. The van der Waals surface area contributed by atoms with Crippen molar-refractivity contribution >= 4 is 23.4 Å². The third-order valence-electron chi connectivity index (χ3n) is 7.53. The van der Waals surface area contributed by atoms with Gasteiger partial charge in [-0.25, -0.2) is 4.79 Å². The minimum absolute atomic E-state index is 0.272. The van der Waals surface area contributed by atoms with E-state index < -0.39 is 12.2 Å². The van der Waals surface area contributed by atoms with E-state index in [0.717, 1.165) is 49.5 Å². The molecule has 5 rings (SSSR count). The number of nitrogens with zero attached hydrogens (tertiary/aromatic N) is 3. The van der Waals surface area contributed by atoms with Crippen LogP contribution in [0, 0.1) is 0 Å². The highest BCUT2D eigenvalue weighted by Gasteiger charge is 2.24. The van der Waals surface area contributed by atoms with Gasteiger partial charge in [-0.3, -0.25) is 14.7 Å². The molecule has 4 aromatic rings. The molecule has 0 saturated carbocycles. The van der Waals surface area contributed by atoms with Crippen molar-refractivity contribution in [3.05, 3.63) is 126 Å². The van der Waals surface area contributed by atoms with Gasteiger partial charge in [0.15, 0.2) is 6.10 Å². The van der Waals surface area contributed by atoms with Crippen molar-refractivity contribution in [2.24, 2.45) is 0 Å². The van der Waals surface area contributed by atoms with Crippen LogP contribution >= 0.6 is 0 Å². The molecule has 0 radical (unpaired) electrons. The first kappa shape index (κ1) is 31.6. The van der Waals surface area contributed by atoms with Gasteiger partial charge in [-0.05, 0) is 41.5 Å². The lowest BCUT2D eigenvalue weighted by Gasteiger charge is -2.27. The lowest BCUT2D eigenvalue weighted by atomic mass is 10.0. The van der Waals surface area contributed by atoms with E-state index in [2.05, 4.69) is 15.2 Å². The number of anilines is 2. The van der Waals surface area contributed by atoms with Crippen molar-refractivity contribution in [2.45, 2.75) is 12.6 Å². The van der Waals surface area contributed by atoms with Crippen LogP contribution < -0.4 is 11.1 Å². The topological polar surface area (TPSA) is 119 Å². The number of amides is 2. The summed E-state index contributed by atoms with van der Waals surface area (Å²) >= 11 is 0. The molecule has 2 amide bonds. The number of carbonyl (C=O) groups excluding carboxylic acids is 2. The number of morpholine rings is 1. The maximum Gasteiger partial charge on any atom is 0.411 e. The molecule has 1 aromatic heterocycles. The molecule has 0 spiro atoms. The molecule has 1 saturated heterocycles. The molecule has 0 bridgehead atoms. The Bertz CT molecular complexity index is 1460. The van der Waals surface area contributed by atoms with E-state index in [4.69, 9.17) is 19.9 Å². The first-order valence-corrected chi connectivity index (χ1v) is 15.1. The Morgan fingerprint density at radius 1 is 0.911 bits per heavy atom. The minimum atomic E-state index is -0.631. The van der Waals surface area contributed by atoms with Crippen molar-refractivity contribution in [3.8, 4) is 0 Å². The Hall–Kier alpha value is -4.77. The molecule has 45 heavy (non-hydrogen) atoms. The number of hydrogen-bond donors (Lipinski definition) is 2. The van der Waals surface area contributed by atoms with Crippen LogP contribution in [0.1, 0.15) is 33.2 Å². The molecule has 1 aliphatic rings. The van der Waals surface area contributed by atoms with E-state index >= 15 is 0 Å². The molecule has 0 unspecified atom stereocenters. The summed E-state index contributed by atoms with van der Waals surface area (Å²) in [6.45, 7) is 5.57. The average molecular weight is 610 g/mol. The van der Waals surface area contributed by atoms with E-state index in [-0.39, 0.29) is 12.5 Å². The van der Waals surface area contributed by atoms with Crippen LogP contribution in [-0.4, -0.2) is 79.4 Å². The van der Waals surface area contributed by atoms with Crippen LogP contribution in [0.25, 0.3) is 0 Å². The van der Waals surface area contributed by atoms with Crippen molar-refractivity contribution in [3.63, 3.8) is 0 Å². The summed E-state index contributed by atoms with van der Waals surface area (Å²) < 4.78 is 17.5. The predicted molar refractivity (Wildman–Crippen MR) is 173 cm³/mol. The van der Waals surface area contributed by atoms with Gasteiger partial charge in [-0.15, -0.1) is 0 Å². The van der Waals surface area contributed by atoms with Crippen LogP contribution in [0.4, 0.5) is 16.2 Å². The lowest BCUT2D eigenvalue weighted by Crippen LogP contribution is -2.39. The minimum Gasteiger partial charge on any atom is -0.436 e. The van der Waals surface area contributed by atoms with Gasteiger partial charge in [0.25, 0.3) is 5.91 Å². The molecule has 0 aliphatic carbocycles. The zero-order valence-electron chi connectivity index (χ0n) is 25.2. The standard InChI is InChI=1S/C35H39N5O5/c36-31-10-4-5-11-32(31)38-34(41)29-14-12-27(13-15-29)26-40(20-24-44-23-19-39-17-21-43-22-18-39)35(42)45-33(28-7-2-1-3-8-28)30-9-6-16-37-25-30/h1-16,25,33H,17-24,26,36H2,(H,38,41)/t33-/m0/s1. The summed E-state index contributed by atoms with van der Waals surface area (Å²) in [5, 5.41) is 2.84. The van der Waals surface area contributed by atoms with Crippen LogP contribution in [0.3, 0.4) is 0 Å². The first-order chi connectivity index (χ1) is 22.1. The molecule has 3 N–H and O–H groups in total. The van der Waals surface area contributed by atoms with E-state index in [0.29, 0.717) is 36.7 Å². The number of benzene rings is 3. The van der Waals surface area contributed by atoms with Gasteiger partial charge in [-0.2, -0.15) is 0 Å². The van der Waals surface area contributed by atoms with Gasteiger partial charge in [0.2, 0.25) is 0 Å². The van der Waals surface area contributed by atoms with Gasteiger partial charge < -0.3 is 30.2 Å². The molecular formula is C35H39N5O5. The third-order valence-corrected chi connectivity index (χ3v) is 7.53. The van der Waals surface area contributed by atoms with Crippen LogP contribution in [0.5, 0.6) is 0 Å². The Kier molecular flexibility index (Phi) is 11.5. The number of rotatable bonds is 13. The number of carbonyl (C=O) groups is 2. The maximum absolute atomic E-state index is 13.8. The fourth-order valence-electron chi connectivity index (χ4n) is 4.98. The molecule has 1 fully saturated rings. The number of nitrogen functional groups attached to an aromatic ring is 1. The highest BCUT2D eigenvalue weighted by molar-refractivity contribution is 6.05. The molecule has 1 aliphatic heterocycles. The summed E-state index contributed by atoms with van der Waals surface area (Å²) in [6, 6.07) is 27.5. The largest absolute Gasteiger partial charge is 0.436 e. The van der Waals surface area contributed by atoms with Crippen LogP contribution in [0.15, 0.2) is 103 Å². The maximum atomic E-state index is 13.8. The van der Waals surface area contributed by atoms with Crippen molar-refractivity contribution in [1.82, 2.24) is 14.8 Å². The molecule has 3 aromatic carbocycles. The van der Waals surface area contributed by atoms with E-state index in [1.54, 1.807) is 41.6 Å². The fourth-order valence-corrected chi connectivity index (χ4v) is 4.98. The summed E-state index contributed by atoms with van der Waals surface area (Å²) in [5.74, 6) is -0.272. The molecule has 10 heteroatoms. The highest BCUT2D eigenvalue weighted by Crippen LogP contribution is 2.27. The number of nitrogens with one attached hydrogen (secondary N) is 1. The second kappa shape index (κ2) is 16.3. The molecule has 2 heterocycles. The van der Waals surface area contributed by atoms with Gasteiger partial charge in [0.1, 0.15) is 0 Å². The number of ether oxygens (including phenoxy) is 3. The number of para-hydroxylation sites is 2. The van der Waals surface area contributed by atoms with Crippen LogP contribution in [0.2, 0.25) is 0 Å². The molecular weight excluding hydrogens is 570 g/mol. The van der Waals surface area contributed by atoms with Crippen LogP contribution in [-0.2, 0) is 20.8 Å².